The minimum absolute atomic E-state index is 0.0393. The van der Waals surface area contributed by atoms with Gasteiger partial charge in [0, 0.05) is 23.4 Å². The Morgan fingerprint density at radius 3 is 2.72 bits per heavy atom. The number of aromatic nitrogens is 2. The molecule has 1 aromatic heterocycles. The summed E-state index contributed by atoms with van der Waals surface area (Å²) in [5, 5.41) is 2.53. The molecule has 10 heteroatoms. The Bertz CT molecular complexity index is 982. The van der Waals surface area contributed by atoms with Crippen LogP contribution in [0.1, 0.15) is 34.6 Å². The molecular formula is C19H18F3N5O2. The van der Waals surface area contributed by atoms with E-state index in [1.807, 2.05) is 0 Å². The fourth-order valence-corrected chi connectivity index (χ4v) is 3.76. The minimum atomic E-state index is -3.01. The van der Waals surface area contributed by atoms with Crippen molar-refractivity contribution in [2.24, 2.45) is 16.6 Å². The summed E-state index contributed by atoms with van der Waals surface area (Å²) in [5.41, 5.74) is 3.92. The fraction of sp³-hybridized carbons (Fsp3) is 0.368. The van der Waals surface area contributed by atoms with Gasteiger partial charge in [0.05, 0.1) is 11.9 Å². The van der Waals surface area contributed by atoms with Gasteiger partial charge in [-0.15, -0.1) is 0 Å². The number of ether oxygens (including phenoxy) is 1. The van der Waals surface area contributed by atoms with E-state index in [1.54, 1.807) is 6.92 Å². The second-order valence-corrected chi connectivity index (χ2v) is 7.11. The van der Waals surface area contributed by atoms with E-state index < -0.39 is 41.7 Å². The quantitative estimate of drug-likeness (QED) is 0.814. The maximum absolute atomic E-state index is 14.7. The molecule has 0 radical (unpaired) electrons. The number of nitrogens with zero attached hydrogens (tertiary/aromatic N) is 3. The summed E-state index contributed by atoms with van der Waals surface area (Å²) in [7, 11) is 0. The lowest BCUT2D eigenvalue weighted by Crippen LogP contribution is -2.57. The summed E-state index contributed by atoms with van der Waals surface area (Å²) in [5.74, 6) is -2.17. The van der Waals surface area contributed by atoms with Gasteiger partial charge in [0.1, 0.15) is 17.6 Å². The zero-order valence-electron chi connectivity index (χ0n) is 15.4. The van der Waals surface area contributed by atoms with Gasteiger partial charge < -0.3 is 15.8 Å². The third-order valence-electron chi connectivity index (χ3n) is 5.35. The number of alkyl halides is 2. The van der Waals surface area contributed by atoms with Crippen molar-refractivity contribution < 1.29 is 22.7 Å². The van der Waals surface area contributed by atoms with Gasteiger partial charge in [-0.05, 0) is 38.0 Å². The van der Waals surface area contributed by atoms with Crippen LogP contribution in [0.25, 0.3) is 0 Å². The van der Waals surface area contributed by atoms with Crippen molar-refractivity contribution in [3.8, 4) is 0 Å². The van der Waals surface area contributed by atoms with Gasteiger partial charge in [-0.1, -0.05) is 0 Å². The number of hydrogen-bond acceptors (Lipinski definition) is 6. The molecular weight excluding hydrogens is 387 g/mol. The number of benzene rings is 1. The predicted molar refractivity (Wildman–Crippen MR) is 98.0 cm³/mol. The summed E-state index contributed by atoms with van der Waals surface area (Å²) in [6.07, 6.45) is 0.106. The SMILES string of the molecule is Cc1cnc(C(=O)Nc2ccc(F)c(C3(C(F)F)N=C(N)OC4CCC43)c2)cn1. The Balaban J connectivity index is 1.71. The number of nitrogens with one attached hydrogen (secondary N) is 1. The van der Waals surface area contributed by atoms with Crippen molar-refractivity contribution in [2.75, 3.05) is 5.32 Å². The summed E-state index contributed by atoms with van der Waals surface area (Å²) < 4.78 is 48.6. The highest BCUT2D eigenvalue weighted by Crippen LogP contribution is 2.53. The molecule has 3 unspecified atom stereocenters. The van der Waals surface area contributed by atoms with Crippen LogP contribution < -0.4 is 11.1 Å². The minimum Gasteiger partial charge on any atom is -0.462 e. The zero-order valence-corrected chi connectivity index (χ0v) is 15.4. The van der Waals surface area contributed by atoms with Crippen molar-refractivity contribution in [2.45, 2.75) is 37.8 Å². The van der Waals surface area contributed by atoms with Crippen molar-refractivity contribution in [1.82, 2.24) is 9.97 Å². The van der Waals surface area contributed by atoms with E-state index >= 15 is 0 Å². The number of nitrogens with two attached hydrogens (primary N) is 1. The normalized spacial score (nSPS) is 25.5. The summed E-state index contributed by atoms with van der Waals surface area (Å²) in [6, 6.07) is 3.07. The molecule has 1 saturated carbocycles. The molecule has 4 rings (SSSR count). The monoisotopic (exact) mass is 405 g/mol. The molecule has 0 bridgehead atoms. The molecule has 2 aromatic rings. The molecule has 1 fully saturated rings. The molecule has 3 N–H and O–H groups in total. The number of anilines is 1. The molecule has 2 aliphatic rings. The van der Waals surface area contributed by atoms with Gasteiger partial charge in [0.15, 0.2) is 5.54 Å². The van der Waals surface area contributed by atoms with E-state index in [0.29, 0.717) is 18.5 Å². The number of fused-ring (bicyclic) bond motifs is 1. The topological polar surface area (TPSA) is 102 Å². The maximum atomic E-state index is 14.7. The Kier molecular flexibility index (Phi) is 4.64. The molecule has 3 atom stereocenters. The van der Waals surface area contributed by atoms with Crippen molar-refractivity contribution in [3.63, 3.8) is 0 Å². The first-order valence-corrected chi connectivity index (χ1v) is 9.01. The number of aryl methyl sites for hydroxylation is 1. The van der Waals surface area contributed by atoms with Crippen LogP contribution in [0.15, 0.2) is 35.6 Å². The van der Waals surface area contributed by atoms with Crippen molar-refractivity contribution in [1.29, 1.82) is 0 Å². The first-order valence-electron chi connectivity index (χ1n) is 9.01. The molecule has 0 saturated heterocycles. The van der Waals surface area contributed by atoms with Crippen LogP contribution in [0.4, 0.5) is 18.9 Å². The third-order valence-corrected chi connectivity index (χ3v) is 5.35. The lowest BCUT2D eigenvalue weighted by Gasteiger charge is -2.50. The molecule has 7 nitrogen and oxygen atoms in total. The van der Waals surface area contributed by atoms with Gasteiger partial charge in [-0.3, -0.25) is 9.78 Å². The summed E-state index contributed by atoms with van der Waals surface area (Å²) in [4.78, 5) is 24.2. The van der Waals surface area contributed by atoms with Gasteiger partial charge in [-0.2, -0.15) is 0 Å². The predicted octanol–water partition coefficient (Wildman–Crippen LogP) is 2.76. The number of rotatable bonds is 4. The van der Waals surface area contributed by atoms with Crippen LogP contribution in [-0.2, 0) is 10.3 Å². The maximum Gasteiger partial charge on any atom is 0.283 e. The van der Waals surface area contributed by atoms with E-state index in [4.69, 9.17) is 10.5 Å². The number of aliphatic imine (C=N–C) groups is 1. The molecule has 1 amide bonds. The molecule has 2 heterocycles. The van der Waals surface area contributed by atoms with Gasteiger partial charge in [0.25, 0.3) is 18.4 Å². The molecule has 1 aliphatic heterocycles. The van der Waals surface area contributed by atoms with Crippen LogP contribution in [0.3, 0.4) is 0 Å². The standard InChI is InChI=1S/C19H18F3N5O2/c1-9-7-25-14(8-24-9)16(28)26-10-2-4-13(20)12(6-10)19(17(21)22)11-3-5-15(11)29-18(23)27-19/h2,4,6-8,11,15,17H,3,5H2,1H3,(H2,23,27)(H,26,28). The highest BCUT2D eigenvalue weighted by Gasteiger charge is 2.59. The van der Waals surface area contributed by atoms with Gasteiger partial charge >= 0.3 is 0 Å². The summed E-state index contributed by atoms with van der Waals surface area (Å²) in [6.45, 7) is 1.72. The first-order chi connectivity index (χ1) is 13.8. The van der Waals surface area contributed by atoms with Crippen LogP contribution in [-0.4, -0.2) is 34.4 Å². The lowest BCUT2D eigenvalue weighted by atomic mass is 9.65. The van der Waals surface area contributed by atoms with E-state index in [0.717, 1.165) is 6.07 Å². The first kappa shape index (κ1) is 19.2. The van der Waals surface area contributed by atoms with E-state index in [9.17, 15) is 18.0 Å². The van der Waals surface area contributed by atoms with E-state index in [1.165, 1.54) is 24.5 Å². The second kappa shape index (κ2) is 7.02. The molecule has 1 aromatic carbocycles. The molecule has 29 heavy (non-hydrogen) atoms. The van der Waals surface area contributed by atoms with Crippen molar-refractivity contribution in [3.05, 3.63) is 53.4 Å². The lowest BCUT2D eigenvalue weighted by molar-refractivity contribution is -0.0949. The van der Waals surface area contributed by atoms with Crippen LogP contribution in [0, 0.1) is 18.7 Å². The second-order valence-electron chi connectivity index (χ2n) is 7.11. The average Bonchev–Trinajstić information content (AvgIpc) is 2.65. The Morgan fingerprint density at radius 2 is 2.10 bits per heavy atom. The number of halogens is 3. The smallest absolute Gasteiger partial charge is 0.283 e. The Hall–Kier alpha value is -3.17. The van der Waals surface area contributed by atoms with Crippen LogP contribution >= 0.6 is 0 Å². The number of amides is 1. The Morgan fingerprint density at radius 1 is 1.31 bits per heavy atom. The number of carbonyl (C=O) groups is 1. The van der Waals surface area contributed by atoms with Crippen LogP contribution in [0.5, 0.6) is 0 Å². The number of hydrogen-bond donors (Lipinski definition) is 2. The zero-order chi connectivity index (χ0) is 20.8. The highest BCUT2D eigenvalue weighted by molar-refractivity contribution is 6.02. The third kappa shape index (κ3) is 3.18. The fourth-order valence-electron chi connectivity index (χ4n) is 3.76. The number of amidine groups is 1. The molecule has 1 aliphatic carbocycles. The Labute approximate surface area is 164 Å². The van der Waals surface area contributed by atoms with Gasteiger partial charge in [0.2, 0.25) is 0 Å². The molecule has 152 valence electrons. The van der Waals surface area contributed by atoms with Crippen molar-refractivity contribution >= 4 is 17.6 Å². The number of carbonyl (C=O) groups excluding carboxylic acids is 1. The van der Waals surface area contributed by atoms with E-state index in [2.05, 4.69) is 20.3 Å². The van der Waals surface area contributed by atoms with Gasteiger partial charge in [-0.25, -0.2) is 23.1 Å². The van der Waals surface area contributed by atoms with E-state index in [-0.39, 0.29) is 16.9 Å². The largest absolute Gasteiger partial charge is 0.462 e. The molecule has 0 spiro atoms. The van der Waals surface area contributed by atoms with Crippen LogP contribution in [0.2, 0.25) is 0 Å². The highest BCUT2D eigenvalue weighted by atomic mass is 19.3. The average molecular weight is 405 g/mol. The summed E-state index contributed by atoms with van der Waals surface area (Å²) >= 11 is 0.